The molecule has 2 rings (SSSR count). The van der Waals surface area contributed by atoms with E-state index in [9.17, 15) is 8.42 Å². The van der Waals surface area contributed by atoms with Gasteiger partial charge in [0, 0.05) is 10.2 Å². The maximum atomic E-state index is 12.0. The summed E-state index contributed by atoms with van der Waals surface area (Å²) in [6.45, 7) is 0. The second kappa shape index (κ2) is 5.63. The fourth-order valence-corrected chi connectivity index (χ4v) is 3.05. The zero-order chi connectivity index (χ0) is 13.9. The van der Waals surface area contributed by atoms with E-state index in [1.807, 2.05) is 18.2 Å². The first-order valence-corrected chi connectivity index (χ1v) is 8.00. The van der Waals surface area contributed by atoms with E-state index in [0.717, 1.165) is 10.0 Å². The molecule has 0 unspecified atom stereocenters. The van der Waals surface area contributed by atoms with Crippen LogP contribution in [-0.4, -0.2) is 8.42 Å². The quantitative estimate of drug-likeness (QED) is 0.840. The number of anilines is 2. The molecule has 0 spiro atoms. The molecule has 0 heterocycles. The van der Waals surface area contributed by atoms with Crippen molar-refractivity contribution >= 4 is 37.3 Å². The highest BCUT2D eigenvalue weighted by molar-refractivity contribution is 9.10. The van der Waals surface area contributed by atoms with Gasteiger partial charge in [0.2, 0.25) is 10.0 Å². The SMILES string of the molecule is Nc1cc(NS(=O)(=O)Cc2ccccc2)ccc1Br. The average molecular weight is 341 g/mol. The van der Waals surface area contributed by atoms with Gasteiger partial charge >= 0.3 is 0 Å². The Labute approximate surface area is 120 Å². The maximum absolute atomic E-state index is 12.0. The van der Waals surface area contributed by atoms with Crippen molar-refractivity contribution < 1.29 is 8.42 Å². The zero-order valence-corrected chi connectivity index (χ0v) is 12.4. The van der Waals surface area contributed by atoms with Crippen LogP contribution < -0.4 is 10.5 Å². The van der Waals surface area contributed by atoms with Crippen molar-refractivity contribution in [3.8, 4) is 0 Å². The van der Waals surface area contributed by atoms with Crippen LogP contribution in [-0.2, 0) is 15.8 Å². The second-order valence-electron chi connectivity index (χ2n) is 4.08. The first-order chi connectivity index (χ1) is 8.96. The lowest BCUT2D eigenvalue weighted by Gasteiger charge is -2.09. The third kappa shape index (κ3) is 3.97. The summed E-state index contributed by atoms with van der Waals surface area (Å²) in [5.74, 6) is -0.0657. The smallest absolute Gasteiger partial charge is 0.236 e. The molecule has 0 radical (unpaired) electrons. The van der Waals surface area contributed by atoms with E-state index < -0.39 is 10.0 Å². The number of nitrogen functional groups attached to an aromatic ring is 1. The summed E-state index contributed by atoms with van der Waals surface area (Å²) < 4.78 is 27.2. The standard InChI is InChI=1S/C13H13BrN2O2S/c14-12-7-6-11(8-13(12)15)16-19(17,18)9-10-4-2-1-3-5-10/h1-8,16H,9,15H2. The van der Waals surface area contributed by atoms with Gasteiger partial charge in [-0.3, -0.25) is 4.72 Å². The fourth-order valence-electron chi connectivity index (χ4n) is 1.62. The van der Waals surface area contributed by atoms with Crippen molar-refractivity contribution in [2.75, 3.05) is 10.5 Å². The Kier molecular flexibility index (Phi) is 4.11. The molecule has 0 aromatic heterocycles. The molecule has 2 aromatic carbocycles. The number of benzene rings is 2. The molecule has 0 bridgehead atoms. The molecule has 0 aliphatic rings. The Bertz CT molecular complexity index is 672. The van der Waals surface area contributed by atoms with Gasteiger partial charge in [0.1, 0.15) is 0 Å². The molecule has 100 valence electrons. The van der Waals surface area contributed by atoms with Crippen LogP contribution in [0.4, 0.5) is 11.4 Å². The Morgan fingerprint density at radius 3 is 2.42 bits per heavy atom. The van der Waals surface area contributed by atoms with Crippen LogP contribution in [0.15, 0.2) is 53.0 Å². The Hall–Kier alpha value is -1.53. The van der Waals surface area contributed by atoms with E-state index in [1.165, 1.54) is 0 Å². The van der Waals surface area contributed by atoms with E-state index in [2.05, 4.69) is 20.7 Å². The first kappa shape index (κ1) is 13.9. The van der Waals surface area contributed by atoms with Crippen LogP contribution >= 0.6 is 15.9 Å². The molecule has 4 nitrogen and oxygen atoms in total. The van der Waals surface area contributed by atoms with Crippen molar-refractivity contribution in [2.24, 2.45) is 0 Å². The number of rotatable bonds is 4. The van der Waals surface area contributed by atoms with Gasteiger partial charge in [-0.15, -0.1) is 0 Å². The van der Waals surface area contributed by atoms with E-state index in [0.29, 0.717) is 11.4 Å². The molecule has 6 heteroatoms. The zero-order valence-electron chi connectivity index (χ0n) is 10.0. The third-order valence-corrected chi connectivity index (χ3v) is 4.45. The minimum atomic E-state index is -3.44. The molecule has 0 saturated heterocycles. The predicted octanol–water partition coefficient (Wildman–Crippen LogP) is 2.97. The minimum absolute atomic E-state index is 0.0657. The van der Waals surface area contributed by atoms with Crippen LogP contribution in [0, 0.1) is 0 Å². The van der Waals surface area contributed by atoms with E-state index in [-0.39, 0.29) is 5.75 Å². The summed E-state index contributed by atoms with van der Waals surface area (Å²) in [5, 5.41) is 0. The summed E-state index contributed by atoms with van der Waals surface area (Å²) in [6, 6.07) is 13.9. The largest absolute Gasteiger partial charge is 0.398 e. The minimum Gasteiger partial charge on any atom is -0.398 e. The van der Waals surface area contributed by atoms with Crippen molar-refractivity contribution in [1.29, 1.82) is 0 Å². The molecule has 19 heavy (non-hydrogen) atoms. The summed E-state index contributed by atoms with van der Waals surface area (Å²) in [7, 11) is -3.44. The van der Waals surface area contributed by atoms with Crippen LogP contribution in [0.25, 0.3) is 0 Å². The van der Waals surface area contributed by atoms with Gasteiger partial charge < -0.3 is 5.73 Å². The highest BCUT2D eigenvalue weighted by atomic mass is 79.9. The van der Waals surface area contributed by atoms with Gasteiger partial charge in [0.25, 0.3) is 0 Å². The van der Waals surface area contributed by atoms with Gasteiger partial charge in [0.15, 0.2) is 0 Å². The van der Waals surface area contributed by atoms with Crippen LogP contribution in [0.3, 0.4) is 0 Å². The molecule has 3 N–H and O–H groups in total. The second-order valence-corrected chi connectivity index (χ2v) is 6.66. The number of halogens is 1. The summed E-state index contributed by atoms with van der Waals surface area (Å²) in [6.07, 6.45) is 0. The molecule has 0 aliphatic carbocycles. The summed E-state index contributed by atoms with van der Waals surface area (Å²) in [4.78, 5) is 0. The predicted molar refractivity (Wildman–Crippen MR) is 81.2 cm³/mol. The first-order valence-electron chi connectivity index (χ1n) is 5.56. The molecule has 0 atom stereocenters. The molecule has 2 aromatic rings. The monoisotopic (exact) mass is 340 g/mol. The average Bonchev–Trinajstić information content (AvgIpc) is 2.34. The highest BCUT2D eigenvalue weighted by Crippen LogP contribution is 2.23. The van der Waals surface area contributed by atoms with Gasteiger partial charge in [-0.1, -0.05) is 30.3 Å². The number of nitrogens with one attached hydrogen (secondary N) is 1. The Morgan fingerprint density at radius 2 is 1.79 bits per heavy atom. The maximum Gasteiger partial charge on any atom is 0.236 e. The lowest BCUT2D eigenvalue weighted by atomic mass is 10.2. The number of hydrogen-bond donors (Lipinski definition) is 2. The normalized spacial score (nSPS) is 11.2. The van der Waals surface area contributed by atoms with Crippen molar-refractivity contribution in [2.45, 2.75) is 5.75 Å². The summed E-state index contributed by atoms with van der Waals surface area (Å²) >= 11 is 3.26. The van der Waals surface area contributed by atoms with Gasteiger partial charge in [0.05, 0.1) is 11.4 Å². The molecular formula is C13H13BrN2O2S. The van der Waals surface area contributed by atoms with E-state index in [4.69, 9.17) is 5.73 Å². The van der Waals surface area contributed by atoms with Gasteiger partial charge in [-0.25, -0.2) is 8.42 Å². The van der Waals surface area contributed by atoms with Crippen molar-refractivity contribution in [3.63, 3.8) is 0 Å². The highest BCUT2D eigenvalue weighted by Gasteiger charge is 2.12. The molecule has 0 saturated carbocycles. The Balaban J connectivity index is 2.15. The number of hydrogen-bond acceptors (Lipinski definition) is 3. The van der Waals surface area contributed by atoms with Crippen LogP contribution in [0.2, 0.25) is 0 Å². The number of sulfonamides is 1. The van der Waals surface area contributed by atoms with Crippen molar-refractivity contribution in [3.05, 3.63) is 58.6 Å². The molecule has 0 aliphatic heterocycles. The summed E-state index contributed by atoms with van der Waals surface area (Å²) in [5.41, 5.74) is 7.39. The number of nitrogens with two attached hydrogens (primary N) is 1. The molecule has 0 fully saturated rings. The van der Waals surface area contributed by atoms with Gasteiger partial charge in [-0.05, 0) is 39.7 Å². The third-order valence-electron chi connectivity index (χ3n) is 2.47. The fraction of sp³-hybridized carbons (Fsp3) is 0.0769. The molecular weight excluding hydrogens is 328 g/mol. The lowest BCUT2D eigenvalue weighted by molar-refractivity contribution is 0.600. The molecule has 0 amide bonds. The lowest BCUT2D eigenvalue weighted by Crippen LogP contribution is -2.15. The Morgan fingerprint density at radius 1 is 1.11 bits per heavy atom. The van der Waals surface area contributed by atoms with E-state index >= 15 is 0 Å². The van der Waals surface area contributed by atoms with Crippen LogP contribution in [0.1, 0.15) is 5.56 Å². The topological polar surface area (TPSA) is 72.2 Å². The van der Waals surface area contributed by atoms with Gasteiger partial charge in [-0.2, -0.15) is 0 Å². The van der Waals surface area contributed by atoms with E-state index in [1.54, 1.807) is 30.3 Å². The van der Waals surface area contributed by atoms with Crippen LogP contribution in [0.5, 0.6) is 0 Å². The van der Waals surface area contributed by atoms with Crippen molar-refractivity contribution in [1.82, 2.24) is 0 Å².